The third kappa shape index (κ3) is 4.84. The van der Waals surface area contributed by atoms with Crippen LogP contribution < -0.4 is 10.2 Å². The number of nitrogens with zero attached hydrogens (tertiary/aromatic N) is 5. The van der Waals surface area contributed by atoms with Crippen LogP contribution in [0.2, 0.25) is 0 Å². The Morgan fingerprint density at radius 3 is 2.35 bits per heavy atom. The minimum Gasteiger partial charge on any atom is -0.334 e. The molecule has 0 fully saturated rings. The Morgan fingerprint density at radius 1 is 0.935 bits per heavy atom. The van der Waals surface area contributed by atoms with E-state index < -0.39 is 4.92 Å². The lowest BCUT2D eigenvalue weighted by molar-refractivity contribution is -0.383. The summed E-state index contributed by atoms with van der Waals surface area (Å²) in [5.74, 6) is 0.802. The molecule has 0 aliphatic heterocycles. The summed E-state index contributed by atoms with van der Waals surface area (Å²) in [6, 6.07) is 22.3. The summed E-state index contributed by atoms with van der Waals surface area (Å²) in [7, 11) is 0. The molecule has 0 saturated carbocycles. The SMILES string of the molecule is O=[N+]([O-])c1c(Nc2ccc(Br)cc2)ncnc1N(Cc1ccccc1)c1ccccn1. The van der Waals surface area contributed by atoms with Gasteiger partial charge in [-0.3, -0.25) is 10.1 Å². The molecule has 0 unspecified atom stereocenters. The fourth-order valence-electron chi connectivity index (χ4n) is 3.04. The van der Waals surface area contributed by atoms with Crippen LogP contribution in [0.5, 0.6) is 0 Å². The third-order valence-corrected chi connectivity index (χ3v) is 4.99. The van der Waals surface area contributed by atoms with E-state index in [2.05, 4.69) is 36.2 Å². The molecule has 0 atom stereocenters. The maximum absolute atomic E-state index is 12.1. The first kappa shape index (κ1) is 20.4. The molecule has 4 aromatic rings. The number of benzene rings is 2. The zero-order valence-corrected chi connectivity index (χ0v) is 17.8. The molecule has 0 amide bonds. The van der Waals surface area contributed by atoms with Gasteiger partial charge in [0.15, 0.2) is 0 Å². The Morgan fingerprint density at radius 2 is 1.68 bits per heavy atom. The monoisotopic (exact) mass is 476 g/mol. The van der Waals surface area contributed by atoms with Gasteiger partial charge in [0.2, 0.25) is 11.6 Å². The number of halogens is 1. The normalized spacial score (nSPS) is 10.5. The van der Waals surface area contributed by atoms with Crippen molar-refractivity contribution < 1.29 is 4.92 Å². The predicted molar refractivity (Wildman–Crippen MR) is 123 cm³/mol. The summed E-state index contributed by atoms with van der Waals surface area (Å²) in [4.78, 5) is 26.1. The highest BCUT2D eigenvalue weighted by Crippen LogP contribution is 2.37. The largest absolute Gasteiger partial charge is 0.354 e. The minimum atomic E-state index is -0.475. The molecule has 4 rings (SSSR count). The average molecular weight is 477 g/mol. The summed E-state index contributed by atoms with van der Waals surface area (Å²) in [6.45, 7) is 0.355. The van der Waals surface area contributed by atoms with Gasteiger partial charge in [-0.2, -0.15) is 0 Å². The van der Waals surface area contributed by atoms with E-state index in [1.165, 1.54) is 6.33 Å². The van der Waals surface area contributed by atoms with E-state index in [-0.39, 0.29) is 17.3 Å². The Labute approximate surface area is 186 Å². The Kier molecular flexibility index (Phi) is 6.13. The Bertz CT molecular complexity index is 1170. The highest BCUT2D eigenvalue weighted by Gasteiger charge is 2.28. The van der Waals surface area contributed by atoms with Crippen molar-refractivity contribution in [3.05, 3.63) is 105 Å². The molecule has 0 aliphatic rings. The van der Waals surface area contributed by atoms with Crippen molar-refractivity contribution in [3.8, 4) is 0 Å². The fraction of sp³-hybridized carbons (Fsp3) is 0.0455. The highest BCUT2D eigenvalue weighted by atomic mass is 79.9. The van der Waals surface area contributed by atoms with Crippen LogP contribution in [-0.2, 0) is 6.54 Å². The van der Waals surface area contributed by atoms with Crippen LogP contribution in [0, 0.1) is 10.1 Å². The van der Waals surface area contributed by atoms with Crippen molar-refractivity contribution in [1.29, 1.82) is 0 Å². The first-order valence-corrected chi connectivity index (χ1v) is 10.2. The van der Waals surface area contributed by atoms with E-state index in [0.29, 0.717) is 18.1 Å². The van der Waals surface area contributed by atoms with Crippen LogP contribution in [-0.4, -0.2) is 19.9 Å². The summed E-state index contributed by atoms with van der Waals surface area (Å²) in [6.07, 6.45) is 2.95. The molecule has 0 aliphatic carbocycles. The van der Waals surface area contributed by atoms with Crippen LogP contribution in [0.3, 0.4) is 0 Å². The number of nitro groups is 1. The third-order valence-electron chi connectivity index (χ3n) is 4.46. The standard InChI is InChI=1S/C22H17BrN6O2/c23-17-9-11-18(12-10-17)27-21-20(29(30)31)22(26-15-25-21)28(19-8-4-5-13-24-19)14-16-6-2-1-3-7-16/h1-13,15H,14H2,(H,25,26,27). The van der Waals surface area contributed by atoms with Gasteiger partial charge in [0.1, 0.15) is 12.1 Å². The van der Waals surface area contributed by atoms with Crippen LogP contribution in [0.25, 0.3) is 0 Å². The van der Waals surface area contributed by atoms with Gasteiger partial charge >= 0.3 is 5.69 Å². The van der Waals surface area contributed by atoms with Gasteiger partial charge in [-0.15, -0.1) is 0 Å². The molecule has 8 nitrogen and oxygen atoms in total. The lowest BCUT2D eigenvalue weighted by atomic mass is 10.2. The maximum atomic E-state index is 12.1. The lowest BCUT2D eigenvalue weighted by Gasteiger charge is -2.23. The number of nitrogens with one attached hydrogen (secondary N) is 1. The zero-order valence-electron chi connectivity index (χ0n) is 16.2. The second-order valence-electron chi connectivity index (χ2n) is 6.54. The molecule has 0 radical (unpaired) electrons. The minimum absolute atomic E-state index is 0.103. The smallest absolute Gasteiger partial charge is 0.334 e. The molecule has 2 heterocycles. The molecule has 1 N–H and O–H groups in total. The summed E-state index contributed by atoms with van der Waals surface area (Å²) >= 11 is 3.38. The van der Waals surface area contributed by atoms with Crippen LogP contribution in [0.4, 0.5) is 28.8 Å². The van der Waals surface area contributed by atoms with Gasteiger partial charge in [-0.25, -0.2) is 15.0 Å². The van der Waals surface area contributed by atoms with Gasteiger partial charge in [-0.1, -0.05) is 52.3 Å². The first-order valence-electron chi connectivity index (χ1n) is 9.36. The number of pyridine rings is 1. The first-order chi connectivity index (χ1) is 15.1. The van der Waals surface area contributed by atoms with Crippen LogP contribution in [0.15, 0.2) is 89.8 Å². The van der Waals surface area contributed by atoms with Gasteiger partial charge in [-0.05, 0) is 42.0 Å². The number of hydrogen-bond donors (Lipinski definition) is 1. The molecule has 0 saturated heterocycles. The number of rotatable bonds is 7. The molecule has 154 valence electrons. The molecule has 0 spiro atoms. The molecular formula is C22H17BrN6O2. The maximum Gasteiger partial charge on any atom is 0.354 e. The van der Waals surface area contributed by atoms with Crippen molar-refractivity contribution >= 4 is 44.8 Å². The predicted octanol–water partition coefficient (Wildman–Crippen LogP) is 5.62. The van der Waals surface area contributed by atoms with Crippen LogP contribution in [0.1, 0.15) is 5.56 Å². The molecule has 31 heavy (non-hydrogen) atoms. The Hall–Kier alpha value is -3.85. The molecule has 0 bridgehead atoms. The number of anilines is 4. The summed E-state index contributed by atoms with van der Waals surface area (Å²) in [5.41, 5.74) is 1.40. The molecular weight excluding hydrogens is 460 g/mol. The second-order valence-corrected chi connectivity index (χ2v) is 7.46. The molecule has 9 heteroatoms. The van der Waals surface area contributed by atoms with Gasteiger partial charge in [0, 0.05) is 16.4 Å². The fourth-order valence-corrected chi connectivity index (χ4v) is 3.30. The summed E-state index contributed by atoms with van der Waals surface area (Å²) in [5, 5.41) is 15.1. The number of aromatic nitrogens is 3. The molecule has 2 aromatic heterocycles. The highest BCUT2D eigenvalue weighted by molar-refractivity contribution is 9.10. The average Bonchev–Trinajstić information content (AvgIpc) is 2.80. The lowest BCUT2D eigenvalue weighted by Crippen LogP contribution is -2.21. The topological polar surface area (TPSA) is 97.1 Å². The zero-order chi connectivity index (χ0) is 21.6. The van der Waals surface area contributed by atoms with E-state index in [4.69, 9.17) is 0 Å². The Balaban J connectivity index is 1.80. The van der Waals surface area contributed by atoms with Crippen molar-refractivity contribution in [2.24, 2.45) is 0 Å². The van der Waals surface area contributed by atoms with E-state index in [0.717, 1.165) is 10.0 Å². The van der Waals surface area contributed by atoms with Crippen LogP contribution >= 0.6 is 15.9 Å². The van der Waals surface area contributed by atoms with Gasteiger partial charge < -0.3 is 10.2 Å². The van der Waals surface area contributed by atoms with Gasteiger partial charge in [0.05, 0.1) is 11.5 Å². The number of hydrogen-bond acceptors (Lipinski definition) is 7. The quantitative estimate of drug-likeness (QED) is 0.272. The summed E-state index contributed by atoms with van der Waals surface area (Å²) < 4.78 is 0.903. The van der Waals surface area contributed by atoms with Crippen molar-refractivity contribution in [2.45, 2.75) is 6.54 Å². The van der Waals surface area contributed by atoms with Gasteiger partial charge in [0.25, 0.3) is 0 Å². The van der Waals surface area contributed by atoms with E-state index in [1.54, 1.807) is 35.4 Å². The van der Waals surface area contributed by atoms with E-state index in [1.807, 2.05) is 48.5 Å². The van der Waals surface area contributed by atoms with Crippen molar-refractivity contribution in [2.75, 3.05) is 10.2 Å². The van der Waals surface area contributed by atoms with E-state index in [9.17, 15) is 10.1 Å². The van der Waals surface area contributed by atoms with Crippen molar-refractivity contribution in [3.63, 3.8) is 0 Å². The molecule has 2 aromatic carbocycles. The second kappa shape index (κ2) is 9.31. The van der Waals surface area contributed by atoms with Crippen molar-refractivity contribution in [1.82, 2.24) is 15.0 Å². The van der Waals surface area contributed by atoms with E-state index >= 15 is 0 Å².